The highest BCUT2D eigenvalue weighted by Crippen LogP contribution is 2.24. The molecular weight excluding hydrogens is 210 g/mol. The van der Waals surface area contributed by atoms with E-state index in [-0.39, 0.29) is 5.91 Å². The Hall–Kier alpha value is -1.57. The molecule has 1 fully saturated rings. The first kappa shape index (κ1) is 11.9. The molecule has 0 spiro atoms. The van der Waals surface area contributed by atoms with Crippen molar-refractivity contribution < 1.29 is 4.79 Å². The van der Waals surface area contributed by atoms with E-state index in [1.54, 1.807) is 0 Å². The quantitative estimate of drug-likeness (QED) is 0.711. The molecule has 1 saturated heterocycles. The van der Waals surface area contributed by atoms with E-state index in [2.05, 4.69) is 32.6 Å². The van der Waals surface area contributed by atoms with Gasteiger partial charge in [-0.15, -0.1) is 0 Å². The highest BCUT2D eigenvalue weighted by atomic mass is 16.2. The number of amides is 1. The molecule has 0 bridgehead atoms. The van der Waals surface area contributed by atoms with Crippen LogP contribution in [0.1, 0.15) is 38.2 Å². The van der Waals surface area contributed by atoms with Crippen molar-refractivity contribution in [3.63, 3.8) is 0 Å². The number of rotatable bonds is 2. The Morgan fingerprint density at radius 2 is 1.88 bits per heavy atom. The maximum absolute atomic E-state index is 11.9. The molecular formula is C15H19NO. The molecule has 0 radical (unpaired) electrons. The van der Waals surface area contributed by atoms with E-state index in [0.717, 1.165) is 24.2 Å². The zero-order valence-electron chi connectivity index (χ0n) is 10.6. The Bertz CT molecular complexity index is 431. The summed E-state index contributed by atoms with van der Waals surface area (Å²) in [5.41, 5.74) is 3.36. The second kappa shape index (κ2) is 4.74. The monoisotopic (exact) mass is 229 g/mol. The Labute approximate surface area is 103 Å². The first-order chi connectivity index (χ1) is 8.08. The average Bonchev–Trinajstić information content (AvgIpc) is 2.29. The van der Waals surface area contributed by atoms with Crippen molar-refractivity contribution in [2.75, 3.05) is 11.4 Å². The van der Waals surface area contributed by atoms with Crippen LogP contribution in [-0.2, 0) is 4.79 Å². The summed E-state index contributed by atoms with van der Waals surface area (Å²) in [4.78, 5) is 13.7. The van der Waals surface area contributed by atoms with Crippen molar-refractivity contribution in [2.24, 2.45) is 0 Å². The van der Waals surface area contributed by atoms with Gasteiger partial charge >= 0.3 is 0 Å². The predicted octanol–water partition coefficient (Wildman–Crippen LogP) is 3.49. The average molecular weight is 229 g/mol. The van der Waals surface area contributed by atoms with Crippen molar-refractivity contribution in [1.82, 2.24) is 0 Å². The fourth-order valence-electron chi connectivity index (χ4n) is 2.10. The lowest BCUT2D eigenvalue weighted by molar-refractivity contribution is -0.118. The van der Waals surface area contributed by atoms with Crippen LogP contribution in [0.25, 0.3) is 0 Å². The number of hydrogen-bond donors (Lipinski definition) is 0. The second-order valence-electron chi connectivity index (χ2n) is 4.97. The van der Waals surface area contributed by atoms with Gasteiger partial charge in [0.1, 0.15) is 0 Å². The van der Waals surface area contributed by atoms with Crippen molar-refractivity contribution in [2.45, 2.75) is 32.6 Å². The maximum atomic E-state index is 11.9. The summed E-state index contributed by atoms with van der Waals surface area (Å²) in [7, 11) is 0. The molecule has 1 aromatic rings. The molecule has 90 valence electrons. The number of carbonyl (C=O) groups is 1. The van der Waals surface area contributed by atoms with Crippen LogP contribution in [0.4, 0.5) is 5.69 Å². The van der Waals surface area contributed by atoms with Gasteiger partial charge in [0.2, 0.25) is 5.91 Å². The van der Waals surface area contributed by atoms with Gasteiger partial charge in [0.15, 0.2) is 0 Å². The maximum Gasteiger partial charge on any atom is 0.231 e. The summed E-state index contributed by atoms with van der Waals surface area (Å²) in [5, 5.41) is 0. The predicted molar refractivity (Wildman–Crippen MR) is 71.3 cm³/mol. The highest BCUT2D eigenvalue weighted by Gasteiger charge is 2.21. The molecule has 1 amide bonds. The summed E-state index contributed by atoms with van der Waals surface area (Å²) in [6.07, 6.45) is 1.41. The second-order valence-corrected chi connectivity index (χ2v) is 4.97. The normalized spacial score (nSPS) is 16.8. The zero-order valence-corrected chi connectivity index (χ0v) is 10.6. The van der Waals surface area contributed by atoms with Crippen LogP contribution in [0, 0.1) is 0 Å². The lowest BCUT2D eigenvalue weighted by Crippen LogP contribution is -2.35. The Morgan fingerprint density at radius 1 is 1.24 bits per heavy atom. The Balaban J connectivity index is 2.17. The molecule has 0 unspecified atom stereocenters. The lowest BCUT2D eigenvalue weighted by atomic mass is 10.0. The third kappa shape index (κ3) is 2.57. The van der Waals surface area contributed by atoms with Crippen molar-refractivity contribution in [3.05, 3.63) is 42.0 Å². The lowest BCUT2D eigenvalue weighted by Gasteiger charge is -2.28. The van der Waals surface area contributed by atoms with Gasteiger partial charge in [-0.25, -0.2) is 0 Å². The minimum absolute atomic E-state index is 0.165. The van der Waals surface area contributed by atoms with E-state index in [1.165, 1.54) is 5.56 Å². The summed E-state index contributed by atoms with van der Waals surface area (Å²) in [5.74, 6) is 0.694. The number of nitrogens with zero attached hydrogens (tertiary/aromatic N) is 1. The van der Waals surface area contributed by atoms with Crippen molar-refractivity contribution in [1.29, 1.82) is 0 Å². The zero-order chi connectivity index (χ0) is 12.4. The first-order valence-electron chi connectivity index (χ1n) is 6.15. The standard InChI is InChI=1S/C15H19NO/c1-11(2)13-4-6-14(7-5-13)16-9-8-12(3)10-15(16)17/h4-7,11H,3,8-10H2,1-2H3. The van der Waals surface area contributed by atoms with Crippen molar-refractivity contribution >= 4 is 11.6 Å². The molecule has 0 aromatic heterocycles. The fourth-order valence-corrected chi connectivity index (χ4v) is 2.10. The topological polar surface area (TPSA) is 20.3 Å². The van der Waals surface area contributed by atoms with Crippen molar-refractivity contribution in [3.8, 4) is 0 Å². The smallest absolute Gasteiger partial charge is 0.231 e. The number of hydrogen-bond acceptors (Lipinski definition) is 1. The molecule has 1 heterocycles. The number of carbonyl (C=O) groups excluding carboxylic acids is 1. The minimum Gasteiger partial charge on any atom is -0.312 e. The van der Waals surface area contributed by atoms with Gasteiger partial charge in [-0.2, -0.15) is 0 Å². The van der Waals surface area contributed by atoms with Gasteiger partial charge in [0, 0.05) is 18.7 Å². The third-order valence-corrected chi connectivity index (χ3v) is 3.26. The van der Waals surface area contributed by atoms with Crippen LogP contribution in [0.3, 0.4) is 0 Å². The van der Waals surface area contributed by atoms with Gasteiger partial charge in [-0.05, 0) is 30.0 Å². The van der Waals surface area contributed by atoms with Crippen LogP contribution in [0.15, 0.2) is 36.4 Å². The van der Waals surface area contributed by atoms with E-state index in [0.29, 0.717) is 12.3 Å². The van der Waals surface area contributed by atoms with Gasteiger partial charge in [-0.1, -0.05) is 38.1 Å². The third-order valence-electron chi connectivity index (χ3n) is 3.26. The van der Waals surface area contributed by atoms with E-state index in [4.69, 9.17) is 0 Å². The van der Waals surface area contributed by atoms with Gasteiger partial charge < -0.3 is 4.90 Å². The molecule has 2 rings (SSSR count). The molecule has 2 heteroatoms. The summed E-state index contributed by atoms with van der Waals surface area (Å²) >= 11 is 0. The van der Waals surface area contributed by atoms with Crippen LogP contribution >= 0.6 is 0 Å². The number of anilines is 1. The van der Waals surface area contributed by atoms with E-state index >= 15 is 0 Å². The Kier molecular flexibility index (Phi) is 3.32. The SMILES string of the molecule is C=C1CCN(c2ccc(C(C)C)cc2)C(=O)C1. The van der Waals surface area contributed by atoms with Crippen LogP contribution in [0.5, 0.6) is 0 Å². The fraction of sp³-hybridized carbons (Fsp3) is 0.400. The highest BCUT2D eigenvalue weighted by molar-refractivity contribution is 5.95. The van der Waals surface area contributed by atoms with Crippen LogP contribution in [-0.4, -0.2) is 12.5 Å². The van der Waals surface area contributed by atoms with Gasteiger partial charge in [-0.3, -0.25) is 4.79 Å². The molecule has 1 aliphatic rings. The molecule has 2 nitrogen and oxygen atoms in total. The molecule has 0 aliphatic carbocycles. The molecule has 0 N–H and O–H groups in total. The van der Waals surface area contributed by atoms with Crippen LogP contribution < -0.4 is 4.90 Å². The first-order valence-corrected chi connectivity index (χ1v) is 6.15. The van der Waals surface area contributed by atoms with E-state index < -0.39 is 0 Å². The van der Waals surface area contributed by atoms with Gasteiger partial charge in [0.25, 0.3) is 0 Å². The summed E-state index contributed by atoms with van der Waals surface area (Å²) < 4.78 is 0. The minimum atomic E-state index is 0.165. The van der Waals surface area contributed by atoms with Crippen LogP contribution in [0.2, 0.25) is 0 Å². The molecule has 1 aromatic carbocycles. The van der Waals surface area contributed by atoms with E-state index in [1.807, 2.05) is 17.0 Å². The molecule has 17 heavy (non-hydrogen) atoms. The molecule has 1 aliphatic heterocycles. The molecule has 0 saturated carbocycles. The van der Waals surface area contributed by atoms with E-state index in [9.17, 15) is 4.79 Å². The summed E-state index contributed by atoms with van der Waals surface area (Å²) in [6.45, 7) is 8.99. The number of benzene rings is 1. The summed E-state index contributed by atoms with van der Waals surface area (Å²) in [6, 6.07) is 8.30. The molecule has 0 atom stereocenters. The number of piperidine rings is 1. The van der Waals surface area contributed by atoms with Gasteiger partial charge in [0.05, 0.1) is 0 Å². The Morgan fingerprint density at radius 3 is 2.41 bits per heavy atom. The largest absolute Gasteiger partial charge is 0.312 e.